The Labute approximate surface area is 196 Å². The van der Waals surface area contributed by atoms with Crippen molar-refractivity contribution in [3.63, 3.8) is 0 Å². The number of fused-ring (bicyclic) bond motifs is 1. The largest absolute Gasteiger partial charge is 0.416 e. The van der Waals surface area contributed by atoms with E-state index in [4.69, 9.17) is 4.84 Å². The molecule has 3 atom stereocenters. The van der Waals surface area contributed by atoms with Crippen molar-refractivity contribution in [2.45, 2.75) is 18.3 Å². The lowest BCUT2D eigenvalue weighted by Crippen LogP contribution is -2.37. The smallest absolute Gasteiger partial charge is 0.273 e. The number of hydrogen-bond acceptors (Lipinski definition) is 6. The minimum absolute atomic E-state index is 0.140. The van der Waals surface area contributed by atoms with Crippen LogP contribution in [0.3, 0.4) is 0 Å². The normalized spacial score (nSPS) is 22.0. The van der Waals surface area contributed by atoms with Gasteiger partial charge in [-0.3, -0.25) is 24.5 Å². The minimum atomic E-state index is -4.68. The molecule has 2 aliphatic heterocycles. The van der Waals surface area contributed by atoms with E-state index in [1.807, 2.05) is 0 Å². The predicted octanol–water partition coefficient (Wildman–Crippen LogP) is 4.66. The number of hydrogen-bond donors (Lipinski definition) is 0. The number of halogens is 3. The summed E-state index contributed by atoms with van der Waals surface area (Å²) >= 11 is 0. The van der Waals surface area contributed by atoms with Gasteiger partial charge in [0.15, 0.2) is 6.10 Å². The highest BCUT2D eigenvalue weighted by molar-refractivity contribution is 6.24. The fourth-order valence-electron chi connectivity index (χ4n) is 4.51. The van der Waals surface area contributed by atoms with Crippen LogP contribution >= 0.6 is 0 Å². The molecule has 3 aromatic rings. The SMILES string of the molecule is O=C1[C@@H]2[C@H](ON(c3ccccc3)[C@@H]2c2ccccc2[N+](=O)[O-])C(=O)N1c1cccc(C(F)(F)F)c1. The van der Waals surface area contributed by atoms with Crippen molar-refractivity contribution in [3.8, 4) is 0 Å². The number of alkyl halides is 3. The zero-order valence-corrected chi connectivity index (χ0v) is 17.8. The first-order valence-electron chi connectivity index (χ1n) is 10.5. The molecule has 2 saturated heterocycles. The molecule has 3 aromatic carbocycles. The van der Waals surface area contributed by atoms with Gasteiger partial charge < -0.3 is 0 Å². The van der Waals surface area contributed by atoms with Crippen molar-refractivity contribution in [1.82, 2.24) is 0 Å². The Morgan fingerprint density at radius 3 is 2.20 bits per heavy atom. The number of carbonyl (C=O) groups excluding carboxylic acids is 2. The number of benzene rings is 3. The summed E-state index contributed by atoms with van der Waals surface area (Å²) in [5.41, 5.74) is -0.951. The van der Waals surface area contributed by atoms with Crippen molar-refractivity contribution in [2.24, 2.45) is 5.92 Å². The van der Waals surface area contributed by atoms with Crippen LogP contribution in [0.15, 0.2) is 78.9 Å². The maximum Gasteiger partial charge on any atom is 0.416 e. The summed E-state index contributed by atoms with van der Waals surface area (Å²) in [5, 5.41) is 13.0. The molecule has 0 unspecified atom stereocenters. The van der Waals surface area contributed by atoms with E-state index in [1.54, 1.807) is 36.4 Å². The number of nitro groups is 1. The second-order valence-electron chi connectivity index (χ2n) is 8.03. The predicted molar refractivity (Wildman–Crippen MR) is 117 cm³/mol. The van der Waals surface area contributed by atoms with E-state index >= 15 is 0 Å². The van der Waals surface area contributed by atoms with E-state index in [1.165, 1.54) is 29.3 Å². The zero-order chi connectivity index (χ0) is 24.9. The van der Waals surface area contributed by atoms with Gasteiger partial charge in [-0.05, 0) is 36.4 Å². The third-order valence-corrected chi connectivity index (χ3v) is 6.01. The molecule has 35 heavy (non-hydrogen) atoms. The lowest BCUT2D eigenvalue weighted by molar-refractivity contribution is -0.385. The molecule has 0 spiro atoms. The number of imide groups is 1. The summed E-state index contributed by atoms with van der Waals surface area (Å²) in [4.78, 5) is 44.5. The van der Waals surface area contributed by atoms with Gasteiger partial charge in [-0.1, -0.05) is 36.4 Å². The molecule has 0 saturated carbocycles. The number of anilines is 2. The molecule has 0 aliphatic carbocycles. The molecule has 2 fully saturated rings. The van der Waals surface area contributed by atoms with Gasteiger partial charge in [0, 0.05) is 6.07 Å². The van der Waals surface area contributed by atoms with Crippen LogP contribution in [0.2, 0.25) is 0 Å². The van der Waals surface area contributed by atoms with Crippen LogP contribution in [0.1, 0.15) is 17.2 Å². The van der Waals surface area contributed by atoms with Crippen LogP contribution in [0, 0.1) is 16.0 Å². The lowest BCUT2D eigenvalue weighted by atomic mass is 9.89. The average Bonchev–Trinajstić information content (AvgIpc) is 3.35. The average molecular weight is 483 g/mol. The quantitative estimate of drug-likeness (QED) is 0.304. The van der Waals surface area contributed by atoms with Gasteiger partial charge in [-0.25, -0.2) is 9.96 Å². The first-order valence-corrected chi connectivity index (χ1v) is 10.5. The van der Waals surface area contributed by atoms with Crippen molar-refractivity contribution in [1.29, 1.82) is 0 Å². The van der Waals surface area contributed by atoms with Crippen LogP contribution in [0.25, 0.3) is 0 Å². The highest BCUT2D eigenvalue weighted by Crippen LogP contribution is 2.49. The molecule has 5 rings (SSSR count). The number of amides is 2. The van der Waals surface area contributed by atoms with E-state index < -0.39 is 46.5 Å². The van der Waals surface area contributed by atoms with Gasteiger partial charge in [-0.15, -0.1) is 0 Å². The van der Waals surface area contributed by atoms with Gasteiger partial charge >= 0.3 is 6.18 Å². The highest BCUT2D eigenvalue weighted by atomic mass is 19.4. The molecule has 11 heteroatoms. The van der Waals surface area contributed by atoms with E-state index in [0.717, 1.165) is 12.1 Å². The van der Waals surface area contributed by atoms with Gasteiger partial charge in [0.1, 0.15) is 12.0 Å². The topological polar surface area (TPSA) is 93.0 Å². The number of nitro benzene ring substituents is 1. The number of para-hydroxylation sites is 2. The number of nitrogens with zero attached hydrogens (tertiary/aromatic N) is 3. The molecule has 0 radical (unpaired) electrons. The number of carbonyl (C=O) groups is 2. The molecule has 0 N–H and O–H groups in total. The first-order chi connectivity index (χ1) is 16.7. The van der Waals surface area contributed by atoms with Crippen molar-refractivity contribution >= 4 is 28.9 Å². The van der Waals surface area contributed by atoms with Crippen LogP contribution < -0.4 is 9.96 Å². The molecule has 8 nitrogen and oxygen atoms in total. The Balaban J connectivity index is 1.62. The maximum absolute atomic E-state index is 13.5. The summed E-state index contributed by atoms with van der Waals surface area (Å²) in [6.45, 7) is 0. The number of rotatable bonds is 4. The van der Waals surface area contributed by atoms with E-state index in [2.05, 4.69) is 0 Å². The second-order valence-corrected chi connectivity index (χ2v) is 8.03. The molecule has 2 aliphatic rings. The van der Waals surface area contributed by atoms with Crippen molar-refractivity contribution in [2.75, 3.05) is 9.96 Å². The Morgan fingerprint density at radius 2 is 1.51 bits per heavy atom. The third kappa shape index (κ3) is 3.69. The summed E-state index contributed by atoms with van der Waals surface area (Å²) in [5.74, 6) is -2.87. The molecular formula is C24H16F3N3O5. The van der Waals surface area contributed by atoms with E-state index in [0.29, 0.717) is 16.7 Å². The van der Waals surface area contributed by atoms with Crippen LogP contribution in [0.5, 0.6) is 0 Å². The van der Waals surface area contributed by atoms with E-state index in [-0.39, 0.29) is 16.9 Å². The summed E-state index contributed by atoms with van der Waals surface area (Å²) in [6, 6.07) is 17.0. The van der Waals surface area contributed by atoms with Crippen LogP contribution in [-0.2, 0) is 20.6 Å². The molecular weight excluding hydrogens is 467 g/mol. The molecule has 0 bridgehead atoms. The zero-order valence-electron chi connectivity index (χ0n) is 17.8. The Kier molecular flexibility index (Phi) is 5.28. The highest BCUT2D eigenvalue weighted by Gasteiger charge is 2.61. The monoisotopic (exact) mass is 483 g/mol. The van der Waals surface area contributed by atoms with Crippen LogP contribution in [0.4, 0.5) is 30.2 Å². The van der Waals surface area contributed by atoms with Crippen LogP contribution in [-0.4, -0.2) is 22.8 Å². The fraction of sp³-hybridized carbons (Fsp3) is 0.167. The van der Waals surface area contributed by atoms with Crippen molar-refractivity contribution < 1.29 is 32.5 Å². The van der Waals surface area contributed by atoms with Gasteiger partial charge in [-0.2, -0.15) is 13.2 Å². The molecule has 0 aromatic heterocycles. The Morgan fingerprint density at radius 1 is 0.857 bits per heavy atom. The Bertz CT molecular complexity index is 1330. The van der Waals surface area contributed by atoms with E-state index in [9.17, 15) is 32.9 Å². The fourth-order valence-corrected chi connectivity index (χ4v) is 4.51. The summed E-state index contributed by atoms with van der Waals surface area (Å²) in [6.07, 6.45) is -6.05. The molecule has 2 heterocycles. The Hall–Kier alpha value is -4.25. The van der Waals surface area contributed by atoms with Gasteiger partial charge in [0.2, 0.25) is 5.91 Å². The summed E-state index contributed by atoms with van der Waals surface area (Å²) < 4.78 is 39.7. The number of hydroxylamine groups is 1. The maximum atomic E-state index is 13.5. The third-order valence-electron chi connectivity index (χ3n) is 6.01. The molecule has 178 valence electrons. The van der Waals surface area contributed by atoms with Crippen molar-refractivity contribution in [3.05, 3.63) is 100 Å². The lowest BCUT2D eigenvalue weighted by Gasteiger charge is -2.28. The molecule has 2 amide bonds. The van der Waals surface area contributed by atoms with Gasteiger partial charge in [0.05, 0.1) is 27.4 Å². The van der Waals surface area contributed by atoms with Gasteiger partial charge in [0.25, 0.3) is 11.6 Å². The minimum Gasteiger partial charge on any atom is -0.273 e. The standard InChI is InChI=1S/C24H16F3N3O5/c25-24(26,27)14-7-6-10-16(13-14)28-22(31)19-20(17-11-4-5-12-18(17)30(33)34)29(35-21(19)23(28)32)15-8-2-1-3-9-15/h1-13,19-21H/t19-,20+,21-/m0/s1. The second kappa shape index (κ2) is 8.20. The summed E-state index contributed by atoms with van der Waals surface area (Å²) in [7, 11) is 0. The first kappa shape index (κ1) is 22.5.